The summed E-state index contributed by atoms with van der Waals surface area (Å²) in [6.07, 6.45) is 4.27. The molecule has 0 atom stereocenters. The highest BCUT2D eigenvalue weighted by molar-refractivity contribution is 8.18. The minimum Gasteiger partial charge on any atom is -0.268 e. The molecule has 0 saturated carbocycles. The van der Waals surface area contributed by atoms with Crippen LogP contribution in [0.3, 0.4) is 0 Å². The summed E-state index contributed by atoms with van der Waals surface area (Å²) in [7, 11) is -3.62. The summed E-state index contributed by atoms with van der Waals surface area (Å²) >= 11 is 2.77. The van der Waals surface area contributed by atoms with Gasteiger partial charge in [0, 0.05) is 15.3 Å². The van der Waals surface area contributed by atoms with Crippen molar-refractivity contribution in [2.45, 2.75) is 6.92 Å². The molecule has 0 radical (unpaired) electrons. The molecule has 2 heterocycles. The second kappa shape index (κ2) is 5.83. The topological polar surface area (TPSA) is 79.5 Å². The van der Waals surface area contributed by atoms with Crippen LogP contribution in [-0.2, 0) is 14.4 Å². The first-order valence-electron chi connectivity index (χ1n) is 5.42. The molecule has 8 heteroatoms. The number of thioether (sulfide) groups is 1. The van der Waals surface area contributed by atoms with Crippen molar-refractivity contribution in [3.63, 3.8) is 0 Å². The molecule has 104 valence electrons. The van der Waals surface area contributed by atoms with Crippen LogP contribution < -0.4 is 0 Å². The molecule has 0 N–H and O–H groups in total. The molecule has 0 spiro atoms. The summed E-state index contributed by atoms with van der Waals surface area (Å²) in [5.41, 5.74) is 1.43. The highest BCUT2D eigenvalue weighted by Crippen LogP contribution is 2.35. The Labute approximate surface area is 125 Å². The molecule has 1 aliphatic rings. The average Bonchev–Trinajstić information content (AvgIpc) is 2.98. The predicted molar refractivity (Wildman–Crippen MR) is 81.7 cm³/mol. The lowest BCUT2D eigenvalue weighted by molar-refractivity contribution is 0.345. The number of allylic oxidation sites excluding steroid dienone is 2. The maximum absolute atomic E-state index is 10.9. The van der Waals surface area contributed by atoms with E-state index in [2.05, 4.69) is 15.5 Å². The SMILES string of the molecule is Cc1sccc1C(C#N)=C1C=CC(=NOS(C)(=O)=O)S1. The molecule has 0 saturated heterocycles. The van der Waals surface area contributed by atoms with Crippen LogP contribution in [0.1, 0.15) is 10.4 Å². The van der Waals surface area contributed by atoms with Crippen molar-refractivity contribution in [3.8, 4) is 6.07 Å². The van der Waals surface area contributed by atoms with Gasteiger partial charge < -0.3 is 0 Å². The Balaban J connectivity index is 2.29. The third kappa shape index (κ3) is 3.50. The smallest absolute Gasteiger partial charge is 0.268 e. The fourth-order valence-electron chi connectivity index (χ4n) is 1.51. The van der Waals surface area contributed by atoms with Gasteiger partial charge in [0.25, 0.3) is 0 Å². The van der Waals surface area contributed by atoms with Gasteiger partial charge in [0.15, 0.2) is 0 Å². The molecule has 20 heavy (non-hydrogen) atoms. The van der Waals surface area contributed by atoms with E-state index in [-0.39, 0.29) is 0 Å². The monoisotopic (exact) mass is 326 g/mol. The number of rotatable bonds is 3. The third-order valence-corrected chi connectivity index (χ3v) is 4.51. The number of hydrogen-bond donors (Lipinski definition) is 0. The second-order valence-electron chi connectivity index (χ2n) is 3.89. The van der Waals surface area contributed by atoms with E-state index in [9.17, 15) is 13.7 Å². The van der Waals surface area contributed by atoms with Gasteiger partial charge in [0.05, 0.1) is 11.8 Å². The van der Waals surface area contributed by atoms with E-state index < -0.39 is 10.1 Å². The van der Waals surface area contributed by atoms with Crippen LogP contribution in [0.15, 0.2) is 33.7 Å². The summed E-state index contributed by atoms with van der Waals surface area (Å²) in [5, 5.41) is 15.2. The van der Waals surface area contributed by atoms with Crippen molar-refractivity contribution in [2.75, 3.05) is 6.26 Å². The van der Waals surface area contributed by atoms with Crippen LogP contribution in [0, 0.1) is 18.3 Å². The highest BCUT2D eigenvalue weighted by Gasteiger charge is 2.17. The third-order valence-electron chi connectivity index (χ3n) is 2.34. The Hall–Kier alpha value is -1.56. The molecule has 1 aromatic rings. The van der Waals surface area contributed by atoms with Gasteiger partial charge in [-0.05, 0) is 30.5 Å². The van der Waals surface area contributed by atoms with Crippen LogP contribution in [0.5, 0.6) is 0 Å². The largest absolute Gasteiger partial charge is 0.325 e. The quantitative estimate of drug-likeness (QED) is 0.630. The summed E-state index contributed by atoms with van der Waals surface area (Å²) in [4.78, 5) is 1.78. The van der Waals surface area contributed by atoms with Crippen molar-refractivity contribution < 1.29 is 12.7 Å². The minimum absolute atomic E-state index is 0.394. The van der Waals surface area contributed by atoms with Crippen LogP contribution in [-0.4, -0.2) is 19.7 Å². The fraction of sp³-hybridized carbons (Fsp3) is 0.167. The number of hydrogen-bond acceptors (Lipinski definition) is 7. The Morgan fingerprint density at radius 1 is 1.45 bits per heavy atom. The average molecular weight is 326 g/mol. The fourth-order valence-corrected chi connectivity index (χ4v) is 3.31. The summed E-state index contributed by atoms with van der Waals surface area (Å²) in [5.74, 6) is 0. The lowest BCUT2D eigenvalue weighted by atomic mass is 10.1. The number of nitriles is 1. The molecule has 1 aromatic heterocycles. The number of oxime groups is 1. The van der Waals surface area contributed by atoms with E-state index in [1.165, 1.54) is 11.8 Å². The second-order valence-corrected chi connectivity index (χ2v) is 7.62. The maximum Gasteiger partial charge on any atom is 0.325 e. The molecule has 1 aliphatic heterocycles. The Bertz CT molecular complexity index is 764. The molecule has 0 fully saturated rings. The van der Waals surface area contributed by atoms with Gasteiger partial charge in [0.1, 0.15) is 11.1 Å². The molecule has 0 amide bonds. The number of thiophene rings is 1. The van der Waals surface area contributed by atoms with Gasteiger partial charge in [0.2, 0.25) is 0 Å². The molecule has 0 aliphatic carbocycles. The van der Waals surface area contributed by atoms with E-state index in [0.717, 1.165) is 21.6 Å². The summed E-state index contributed by atoms with van der Waals surface area (Å²) in [6.45, 7) is 1.95. The zero-order valence-corrected chi connectivity index (χ0v) is 13.1. The minimum atomic E-state index is -3.62. The predicted octanol–water partition coefficient (Wildman–Crippen LogP) is 2.88. The molecule has 0 unspecified atom stereocenters. The van der Waals surface area contributed by atoms with Crippen LogP contribution in [0.25, 0.3) is 5.57 Å². The summed E-state index contributed by atoms with van der Waals surface area (Å²) < 4.78 is 26.1. The van der Waals surface area contributed by atoms with E-state index in [1.807, 2.05) is 18.4 Å². The van der Waals surface area contributed by atoms with Gasteiger partial charge >= 0.3 is 10.1 Å². The van der Waals surface area contributed by atoms with Gasteiger partial charge in [-0.2, -0.15) is 13.7 Å². The maximum atomic E-state index is 10.9. The van der Waals surface area contributed by atoms with Gasteiger partial charge in [-0.25, -0.2) is 0 Å². The highest BCUT2D eigenvalue weighted by atomic mass is 32.2. The Kier molecular flexibility index (Phi) is 4.32. The zero-order valence-electron chi connectivity index (χ0n) is 10.7. The van der Waals surface area contributed by atoms with Gasteiger partial charge in [-0.3, -0.25) is 4.28 Å². The Morgan fingerprint density at radius 3 is 2.75 bits per heavy atom. The summed E-state index contributed by atoms with van der Waals surface area (Å²) in [6, 6.07) is 4.07. The van der Waals surface area contributed by atoms with E-state index in [0.29, 0.717) is 10.6 Å². The Morgan fingerprint density at radius 2 is 2.20 bits per heavy atom. The molecule has 0 aromatic carbocycles. The van der Waals surface area contributed by atoms with Crippen molar-refractivity contribution in [1.29, 1.82) is 5.26 Å². The molecule has 0 bridgehead atoms. The first-order chi connectivity index (χ1) is 9.40. The zero-order chi connectivity index (χ0) is 14.8. The normalized spacial score (nSPS) is 19.1. The standard InChI is InChI=1S/C12H10N2O3S3/c1-8-9(5-6-18-8)10(7-13)11-3-4-12(19-11)14-17-20(2,15)16/h3-6H,1-2H3. The van der Waals surface area contributed by atoms with Gasteiger partial charge in [-0.1, -0.05) is 16.9 Å². The molecular weight excluding hydrogens is 316 g/mol. The van der Waals surface area contributed by atoms with E-state index in [4.69, 9.17) is 0 Å². The molecular formula is C12H10N2O3S3. The lowest BCUT2D eigenvalue weighted by Gasteiger charge is -2.01. The number of nitrogens with zero attached hydrogens (tertiary/aromatic N) is 2. The van der Waals surface area contributed by atoms with Crippen LogP contribution >= 0.6 is 23.1 Å². The van der Waals surface area contributed by atoms with Gasteiger partial charge in [-0.15, -0.1) is 11.3 Å². The van der Waals surface area contributed by atoms with E-state index in [1.54, 1.807) is 23.5 Å². The molecule has 2 rings (SSSR count). The van der Waals surface area contributed by atoms with Crippen molar-refractivity contribution in [3.05, 3.63) is 38.9 Å². The van der Waals surface area contributed by atoms with Crippen molar-refractivity contribution in [2.24, 2.45) is 5.16 Å². The lowest BCUT2D eigenvalue weighted by Crippen LogP contribution is -1.98. The first kappa shape index (κ1) is 14.8. The van der Waals surface area contributed by atoms with Crippen LogP contribution in [0.4, 0.5) is 0 Å². The number of aryl methyl sites for hydroxylation is 1. The molecule has 5 nitrogen and oxygen atoms in total. The van der Waals surface area contributed by atoms with Crippen molar-refractivity contribution in [1.82, 2.24) is 0 Å². The van der Waals surface area contributed by atoms with E-state index >= 15 is 0 Å². The van der Waals surface area contributed by atoms with Crippen molar-refractivity contribution >= 4 is 43.8 Å². The first-order valence-corrected chi connectivity index (χ1v) is 8.93. The van der Waals surface area contributed by atoms with Crippen LogP contribution in [0.2, 0.25) is 0 Å².